The van der Waals surface area contributed by atoms with E-state index in [1.54, 1.807) is 0 Å². The molecule has 2 fully saturated rings. The summed E-state index contributed by atoms with van der Waals surface area (Å²) in [5, 5.41) is -0.523. The zero-order chi connectivity index (χ0) is 14.1. The van der Waals surface area contributed by atoms with E-state index in [0.29, 0.717) is 25.6 Å². The highest BCUT2D eigenvalue weighted by atomic mass is 32.2. The summed E-state index contributed by atoms with van der Waals surface area (Å²) >= 11 is 0. The van der Waals surface area contributed by atoms with E-state index in [1.165, 1.54) is 4.31 Å². The summed E-state index contributed by atoms with van der Waals surface area (Å²) in [7, 11) is -6.36. The van der Waals surface area contributed by atoms with Crippen LogP contribution in [0.2, 0.25) is 0 Å². The van der Waals surface area contributed by atoms with Gasteiger partial charge in [-0.2, -0.15) is 0 Å². The Labute approximate surface area is 115 Å². The molecule has 2 saturated heterocycles. The standard InChI is InChI=1S/C11H22N2O4S2/c12-9-10-1-5-13(6-2-10)19(16,17)11-3-7-18(14,15)8-4-11/h10-11H,1-9,12H2. The lowest BCUT2D eigenvalue weighted by atomic mass is 9.99. The van der Waals surface area contributed by atoms with Crippen molar-refractivity contribution in [1.82, 2.24) is 4.31 Å². The molecule has 0 saturated carbocycles. The van der Waals surface area contributed by atoms with E-state index in [0.717, 1.165) is 12.8 Å². The fraction of sp³-hybridized carbons (Fsp3) is 1.00. The van der Waals surface area contributed by atoms with Crippen molar-refractivity contribution in [1.29, 1.82) is 0 Å². The molecule has 2 aliphatic heterocycles. The largest absolute Gasteiger partial charge is 0.330 e. The van der Waals surface area contributed by atoms with Gasteiger partial charge in [0.2, 0.25) is 10.0 Å². The molecule has 0 aromatic heterocycles. The maximum atomic E-state index is 12.4. The Morgan fingerprint density at radius 3 is 2.05 bits per heavy atom. The number of nitrogens with two attached hydrogens (primary N) is 1. The molecule has 6 nitrogen and oxygen atoms in total. The highest BCUT2D eigenvalue weighted by Crippen LogP contribution is 2.26. The van der Waals surface area contributed by atoms with Crippen LogP contribution in [0.5, 0.6) is 0 Å². The van der Waals surface area contributed by atoms with Gasteiger partial charge in [0.05, 0.1) is 16.8 Å². The minimum Gasteiger partial charge on any atom is -0.330 e. The van der Waals surface area contributed by atoms with E-state index < -0.39 is 25.1 Å². The quantitative estimate of drug-likeness (QED) is 0.762. The summed E-state index contributed by atoms with van der Waals surface area (Å²) in [5.74, 6) is 0.407. The molecule has 2 heterocycles. The SMILES string of the molecule is NCC1CCN(S(=O)(=O)C2CCS(=O)(=O)CC2)CC1. The molecule has 19 heavy (non-hydrogen) atoms. The monoisotopic (exact) mass is 310 g/mol. The first-order chi connectivity index (χ1) is 8.85. The van der Waals surface area contributed by atoms with Gasteiger partial charge in [-0.05, 0) is 38.1 Å². The van der Waals surface area contributed by atoms with E-state index in [4.69, 9.17) is 5.73 Å². The van der Waals surface area contributed by atoms with Crippen molar-refractivity contribution in [2.75, 3.05) is 31.1 Å². The topological polar surface area (TPSA) is 97.5 Å². The maximum absolute atomic E-state index is 12.4. The van der Waals surface area contributed by atoms with Crippen LogP contribution < -0.4 is 5.73 Å². The third-order valence-corrected chi connectivity index (χ3v) is 8.30. The maximum Gasteiger partial charge on any atom is 0.217 e. The van der Waals surface area contributed by atoms with E-state index in [-0.39, 0.29) is 24.3 Å². The van der Waals surface area contributed by atoms with Crippen LogP contribution in [-0.4, -0.2) is 57.5 Å². The number of hydrogen-bond acceptors (Lipinski definition) is 5. The Balaban J connectivity index is 1.99. The van der Waals surface area contributed by atoms with Gasteiger partial charge in [-0.1, -0.05) is 0 Å². The van der Waals surface area contributed by atoms with Gasteiger partial charge < -0.3 is 5.73 Å². The first kappa shape index (κ1) is 15.2. The molecule has 0 aliphatic carbocycles. The molecule has 2 N–H and O–H groups in total. The Kier molecular flexibility index (Phi) is 4.54. The molecule has 0 radical (unpaired) electrons. The number of nitrogens with zero attached hydrogens (tertiary/aromatic N) is 1. The first-order valence-corrected chi connectivity index (χ1v) is 10.1. The molecule has 0 bridgehead atoms. The minimum atomic E-state index is -3.34. The molecule has 8 heteroatoms. The van der Waals surface area contributed by atoms with Gasteiger partial charge in [-0.25, -0.2) is 21.1 Å². The van der Waals surface area contributed by atoms with Crippen LogP contribution in [0.3, 0.4) is 0 Å². The summed E-state index contributed by atoms with van der Waals surface area (Å²) < 4.78 is 49.1. The average Bonchev–Trinajstić information content (AvgIpc) is 2.38. The predicted molar refractivity (Wildman–Crippen MR) is 73.9 cm³/mol. The number of piperidine rings is 1. The number of sulfonamides is 1. The Bertz CT molecular complexity index is 493. The second kappa shape index (κ2) is 5.67. The van der Waals surface area contributed by atoms with Crippen molar-refractivity contribution in [2.45, 2.75) is 30.9 Å². The van der Waals surface area contributed by atoms with Gasteiger partial charge in [0, 0.05) is 13.1 Å². The molecule has 0 unspecified atom stereocenters. The molecule has 2 aliphatic rings. The fourth-order valence-corrected chi connectivity index (χ4v) is 6.54. The van der Waals surface area contributed by atoms with Crippen LogP contribution in [0.15, 0.2) is 0 Å². The summed E-state index contributed by atoms with van der Waals surface area (Å²) in [6.45, 7) is 1.65. The summed E-state index contributed by atoms with van der Waals surface area (Å²) in [5.41, 5.74) is 5.60. The van der Waals surface area contributed by atoms with Crippen LogP contribution in [-0.2, 0) is 19.9 Å². The number of sulfone groups is 1. The van der Waals surface area contributed by atoms with Crippen molar-refractivity contribution in [3.05, 3.63) is 0 Å². The third kappa shape index (κ3) is 3.48. The Morgan fingerprint density at radius 1 is 1.05 bits per heavy atom. The minimum absolute atomic E-state index is 0.00381. The van der Waals surface area contributed by atoms with Gasteiger partial charge in [0.25, 0.3) is 0 Å². The third-order valence-electron chi connectivity index (χ3n) is 4.19. The van der Waals surface area contributed by atoms with Crippen LogP contribution in [0.4, 0.5) is 0 Å². The summed E-state index contributed by atoms with van der Waals surface area (Å²) in [6, 6.07) is 0. The summed E-state index contributed by atoms with van der Waals surface area (Å²) in [4.78, 5) is 0. The van der Waals surface area contributed by atoms with Crippen molar-refractivity contribution in [3.8, 4) is 0 Å². The molecule has 112 valence electrons. The van der Waals surface area contributed by atoms with E-state index in [9.17, 15) is 16.8 Å². The molecule has 0 aromatic carbocycles. The lowest BCUT2D eigenvalue weighted by molar-refractivity contribution is 0.275. The smallest absolute Gasteiger partial charge is 0.217 e. The van der Waals surface area contributed by atoms with E-state index in [2.05, 4.69) is 0 Å². The van der Waals surface area contributed by atoms with Crippen LogP contribution in [0.25, 0.3) is 0 Å². The number of hydrogen-bond donors (Lipinski definition) is 1. The van der Waals surface area contributed by atoms with Crippen LogP contribution in [0, 0.1) is 5.92 Å². The molecule has 0 aromatic rings. The highest BCUT2D eigenvalue weighted by molar-refractivity contribution is 7.92. The summed E-state index contributed by atoms with van der Waals surface area (Å²) in [6.07, 6.45) is 2.09. The zero-order valence-electron chi connectivity index (χ0n) is 11.0. The van der Waals surface area contributed by atoms with Gasteiger partial charge in [0.1, 0.15) is 9.84 Å². The molecular weight excluding hydrogens is 288 g/mol. The lowest BCUT2D eigenvalue weighted by Crippen LogP contribution is -2.46. The van der Waals surface area contributed by atoms with Crippen molar-refractivity contribution in [3.63, 3.8) is 0 Å². The van der Waals surface area contributed by atoms with Gasteiger partial charge in [-0.15, -0.1) is 0 Å². The number of rotatable bonds is 3. The normalized spacial score (nSPS) is 27.4. The fourth-order valence-electron chi connectivity index (χ4n) is 2.78. The Hall–Kier alpha value is -0.180. The van der Waals surface area contributed by atoms with E-state index in [1.807, 2.05) is 0 Å². The molecule has 2 rings (SSSR count). The second-order valence-electron chi connectivity index (χ2n) is 5.47. The van der Waals surface area contributed by atoms with Crippen molar-refractivity contribution >= 4 is 19.9 Å². The second-order valence-corrected chi connectivity index (χ2v) is 9.99. The molecular formula is C11H22N2O4S2. The first-order valence-electron chi connectivity index (χ1n) is 6.74. The van der Waals surface area contributed by atoms with Crippen molar-refractivity contribution < 1.29 is 16.8 Å². The lowest BCUT2D eigenvalue weighted by Gasteiger charge is -2.34. The highest BCUT2D eigenvalue weighted by Gasteiger charge is 2.37. The van der Waals surface area contributed by atoms with E-state index >= 15 is 0 Å². The average molecular weight is 310 g/mol. The van der Waals surface area contributed by atoms with Crippen LogP contribution in [0.1, 0.15) is 25.7 Å². The van der Waals surface area contributed by atoms with Crippen molar-refractivity contribution in [2.24, 2.45) is 11.7 Å². The zero-order valence-corrected chi connectivity index (χ0v) is 12.6. The molecule has 0 spiro atoms. The molecule has 0 amide bonds. The predicted octanol–water partition coefficient (Wildman–Crippen LogP) is -0.436. The van der Waals surface area contributed by atoms with Gasteiger partial charge in [-0.3, -0.25) is 0 Å². The van der Waals surface area contributed by atoms with Gasteiger partial charge in [0.15, 0.2) is 0 Å². The van der Waals surface area contributed by atoms with Crippen LogP contribution >= 0.6 is 0 Å². The van der Waals surface area contributed by atoms with Gasteiger partial charge >= 0.3 is 0 Å². The molecule has 0 atom stereocenters. The Morgan fingerprint density at radius 2 is 1.58 bits per heavy atom.